The lowest BCUT2D eigenvalue weighted by atomic mass is 9.88. The average Bonchev–Trinajstić information content (AvgIpc) is 2.85. The molecule has 3 aromatic rings. The lowest BCUT2D eigenvalue weighted by molar-refractivity contribution is -0.140. The van der Waals surface area contributed by atoms with Crippen LogP contribution in [-0.2, 0) is 16.1 Å². The summed E-state index contributed by atoms with van der Waals surface area (Å²) < 4.78 is 0. The fourth-order valence-corrected chi connectivity index (χ4v) is 4.13. The summed E-state index contributed by atoms with van der Waals surface area (Å²) >= 11 is 0. The first-order valence-corrected chi connectivity index (χ1v) is 12.1. The molecule has 0 bridgehead atoms. The first-order valence-electron chi connectivity index (χ1n) is 12.1. The quantitative estimate of drug-likeness (QED) is 0.425. The molecule has 178 valence electrons. The van der Waals surface area contributed by atoms with Crippen LogP contribution in [0, 0.1) is 12.8 Å². The molecule has 0 aliphatic carbocycles. The molecular formula is C30H36N2O2. The number of amides is 2. The molecule has 1 N–H and O–H groups in total. The van der Waals surface area contributed by atoms with Crippen LogP contribution < -0.4 is 5.32 Å². The summed E-state index contributed by atoms with van der Waals surface area (Å²) in [4.78, 5) is 28.5. The number of nitrogens with zero attached hydrogens (tertiary/aromatic N) is 1. The summed E-state index contributed by atoms with van der Waals surface area (Å²) in [6.45, 7) is 8.97. The first-order chi connectivity index (χ1) is 16.3. The molecule has 0 saturated heterocycles. The second kappa shape index (κ2) is 12.2. The van der Waals surface area contributed by atoms with Crippen LogP contribution in [0.3, 0.4) is 0 Å². The summed E-state index contributed by atoms with van der Waals surface area (Å²) in [5.41, 5.74) is 4.34. The zero-order valence-electron chi connectivity index (χ0n) is 20.7. The number of hydrogen-bond acceptors (Lipinski definition) is 2. The standard InChI is InChI=1S/C30H36N2O2/c1-22(2)20-31-30(34)24(4)32(21-25-13-11-12-23(3)18-25)29(33)19-28(26-14-7-5-8-15-26)27-16-9-6-10-17-27/h5-18,22,24,28H,19-21H2,1-4H3,(H,31,34)/t24-/m1/s1. The molecule has 0 aliphatic heterocycles. The molecule has 3 aromatic carbocycles. The third-order valence-electron chi connectivity index (χ3n) is 6.07. The van der Waals surface area contributed by atoms with E-state index in [2.05, 4.69) is 49.5 Å². The normalized spacial score (nSPS) is 11.9. The van der Waals surface area contributed by atoms with Crippen LogP contribution in [0.15, 0.2) is 84.9 Å². The molecular weight excluding hydrogens is 420 g/mol. The number of carbonyl (C=O) groups is 2. The van der Waals surface area contributed by atoms with Gasteiger partial charge in [0.05, 0.1) is 0 Å². The van der Waals surface area contributed by atoms with Gasteiger partial charge in [0.2, 0.25) is 11.8 Å². The number of benzene rings is 3. The van der Waals surface area contributed by atoms with Gasteiger partial charge in [-0.2, -0.15) is 0 Å². The zero-order chi connectivity index (χ0) is 24.5. The maximum atomic E-state index is 13.8. The van der Waals surface area contributed by atoms with E-state index in [1.54, 1.807) is 4.90 Å². The second-order valence-corrected chi connectivity index (χ2v) is 9.40. The molecule has 4 heteroatoms. The van der Waals surface area contributed by atoms with E-state index < -0.39 is 6.04 Å². The molecule has 2 amide bonds. The third-order valence-corrected chi connectivity index (χ3v) is 6.07. The Morgan fingerprint density at radius 2 is 1.41 bits per heavy atom. The molecule has 0 saturated carbocycles. The van der Waals surface area contributed by atoms with Gasteiger partial charge in [-0.25, -0.2) is 0 Å². The van der Waals surface area contributed by atoms with E-state index >= 15 is 0 Å². The molecule has 1 atom stereocenters. The molecule has 0 unspecified atom stereocenters. The van der Waals surface area contributed by atoms with Crippen LogP contribution in [0.1, 0.15) is 55.4 Å². The van der Waals surface area contributed by atoms with Gasteiger partial charge in [-0.15, -0.1) is 0 Å². The van der Waals surface area contributed by atoms with Crippen LogP contribution in [0.2, 0.25) is 0 Å². The summed E-state index contributed by atoms with van der Waals surface area (Å²) in [5.74, 6) is 0.107. The molecule has 34 heavy (non-hydrogen) atoms. The number of nitrogens with one attached hydrogen (secondary N) is 1. The van der Waals surface area contributed by atoms with Crippen LogP contribution in [-0.4, -0.2) is 29.3 Å². The maximum absolute atomic E-state index is 13.8. The maximum Gasteiger partial charge on any atom is 0.242 e. The van der Waals surface area contributed by atoms with Gasteiger partial charge in [0.25, 0.3) is 0 Å². The largest absolute Gasteiger partial charge is 0.354 e. The van der Waals surface area contributed by atoms with E-state index in [0.717, 1.165) is 22.3 Å². The van der Waals surface area contributed by atoms with E-state index in [1.165, 1.54) is 0 Å². The van der Waals surface area contributed by atoms with Crippen LogP contribution in [0.5, 0.6) is 0 Å². The van der Waals surface area contributed by atoms with Gasteiger partial charge in [0, 0.05) is 25.4 Å². The summed E-state index contributed by atoms with van der Waals surface area (Å²) in [5, 5.41) is 3.00. The smallest absolute Gasteiger partial charge is 0.242 e. The van der Waals surface area contributed by atoms with Crippen molar-refractivity contribution in [2.24, 2.45) is 5.92 Å². The van der Waals surface area contributed by atoms with Crippen LogP contribution in [0.25, 0.3) is 0 Å². The highest BCUT2D eigenvalue weighted by Crippen LogP contribution is 2.29. The minimum Gasteiger partial charge on any atom is -0.354 e. The van der Waals surface area contributed by atoms with Crippen molar-refractivity contribution in [3.05, 3.63) is 107 Å². The SMILES string of the molecule is Cc1cccc(CN(C(=O)CC(c2ccccc2)c2ccccc2)[C@H](C)C(=O)NCC(C)C)c1. The van der Waals surface area contributed by atoms with Crippen molar-refractivity contribution in [3.63, 3.8) is 0 Å². The van der Waals surface area contributed by atoms with Crippen molar-refractivity contribution < 1.29 is 9.59 Å². The van der Waals surface area contributed by atoms with E-state index in [1.807, 2.05) is 68.4 Å². The van der Waals surface area contributed by atoms with Crippen molar-refractivity contribution in [2.45, 2.75) is 52.6 Å². The van der Waals surface area contributed by atoms with Gasteiger partial charge in [0.15, 0.2) is 0 Å². The molecule has 0 fully saturated rings. The van der Waals surface area contributed by atoms with Crippen molar-refractivity contribution >= 4 is 11.8 Å². The van der Waals surface area contributed by atoms with Gasteiger partial charge in [-0.05, 0) is 36.5 Å². The average molecular weight is 457 g/mol. The Labute approximate surface area is 204 Å². The van der Waals surface area contributed by atoms with Gasteiger partial charge >= 0.3 is 0 Å². The molecule has 0 aromatic heterocycles. The van der Waals surface area contributed by atoms with E-state index in [-0.39, 0.29) is 17.7 Å². The summed E-state index contributed by atoms with van der Waals surface area (Å²) in [7, 11) is 0. The predicted molar refractivity (Wildman–Crippen MR) is 138 cm³/mol. The van der Waals surface area contributed by atoms with Gasteiger partial charge in [0.1, 0.15) is 6.04 Å². The molecule has 0 aliphatic rings. The zero-order valence-corrected chi connectivity index (χ0v) is 20.7. The Morgan fingerprint density at radius 3 is 1.94 bits per heavy atom. The molecule has 4 nitrogen and oxygen atoms in total. The number of aryl methyl sites for hydroxylation is 1. The Balaban J connectivity index is 1.89. The van der Waals surface area contributed by atoms with E-state index in [4.69, 9.17) is 0 Å². The highest BCUT2D eigenvalue weighted by Gasteiger charge is 2.29. The topological polar surface area (TPSA) is 49.4 Å². The fourth-order valence-electron chi connectivity index (χ4n) is 4.13. The summed E-state index contributed by atoms with van der Waals surface area (Å²) in [6, 6.07) is 27.8. The molecule has 0 spiro atoms. The van der Waals surface area contributed by atoms with Crippen LogP contribution >= 0.6 is 0 Å². The Morgan fingerprint density at radius 1 is 0.824 bits per heavy atom. The Hall–Kier alpha value is -3.40. The van der Waals surface area contributed by atoms with Crippen molar-refractivity contribution in [1.29, 1.82) is 0 Å². The van der Waals surface area contributed by atoms with Crippen molar-refractivity contribution in [3.8, 4) is 0 Å². The minimum atomic E-state index is -0.570. The number of hydrogen-bond donors (Lipinski definition) is 1. The van der Waals surface area contributed by atoms with Crippen molar-refractivity contribution in [1.82, 2.24) is 10.2 Å². The van der Waals surface area contributed by atoms with Gasteiger partial charge < -0.3 is 10.2 Å². The van der Waals surface area contributed by atoms with Crippen LogP contribution in [0.4, 0.5) is 0 Å². The third kappa shape index (κ3) is 7.05. The fraction of sp³-hybridized carbons (Fsp3) is 0.333. The predicted octanol–water partition coefficient (Wildman–Crippen LogP) is 5.71. The lowest BCUT2D eigenvalue weighted by Gasteiger charge is -2.31. The minimum absolute atomic E-state index is 0.0357. The number of carbonyl (C=O) groups excluding carboxylic acids is 2. The van der Waals surface area contributed by atoms with Gasteiger partial charge in [-0.3, -0.25) is 9.59 Å². The molecule has 0 heterocycles. The van der Waals surface area contributed by atoms with Crippen molar-refractivity contribution in [2.75, 3.05) is 6.54 Å². The number of rotatable bonds is 10. The van der Waals surface area contributed by atoms with E-state index in [9.17, 15) is 9.59 Å². The highest BCUT2D eigenvalue weighted by molar-refractivity contribution is 5.87. The Bertz CT molecular complexity index is 1020. The second-order valence-electron chi connectivity index (χ2n) is 9.40. The lowest BCUT2D eigenvalue weighted by Crippen LogP contribution is -2.48. The first kappa shape index (κ1) is 25.2. The molecule has 3 rings (SSSR count). The Kier molecular flexibility index (Phi) is 9.03. The highest BCUT2D eigenvalue weighted by atomic mass is 16.2. The monoisotopic (exact) mass is 456 g/mol. The summed E-state index contributed by atoms with van der Waals surface area (Å²) in [6.07, 6.45) is 0.293. The van der Waals surface area contributed by atoms with E-state index in [0.29, 0.717) is 25.4 Å². The van der Waals surface area contributed by atoms with Gasteiger partial charge in [-0.1, -0.05) is 104 Å². The molecule has 0 radical (unpaired) electrons.